The highest BCUT2D eigenvalue weighted by Gasteiger charge is 2.23. The van der Waals surface area contributed by atoms with Gasteiger partial charge in [0.15, 0.2) is 21.4 Å². The lowest BCUT2D eigenvalue weighted by Crippen LogP contribution is -2.29. The topological polar surface area (TPSA) is 38.3 Å². The zero-order valence-corrected chi connectivity index (χ0v) is 15.1. The Labute approximate surface area is 156 Å². The van der Waals surface area contributed by atoms with Crippen molar-refractivity contribution >= 4 is 23.3 Å². The second-order valence-corrected chi connectivity index (χ2v) is 7.15. The Hall–Kier alpha value is -2.98. The standard InChI is InChI=1S/C22H19NO2S/c24-22(25-18-20-12-6-2-7-13-20)23-26(21-14-8-3-9-15-21)17-16-19-10-4-1-5-11-19/h1-17H,18H2/p+1/b17-16+. The summed E-state index contributed by atoms with van der Waals surface area (Å²) in [6.07, 6.45) is 1.58. The number of ether oxygens (including phenoxy) is 1. The SMILES string of the molecule is O=C(N[S+](/C=C/c1ccccc1)c1ccccc1)OCc1ccccc1. The lowest BCUT2D eigenvalue weighted by Gasteiger charge is -2.06. The summed E-state index contributed by atoms with van der Waals surface area (Å²) in [5.74, 6) is 0. The van der Waals surface area contributed by atoms with Crippen molar-refractivity contribution in [3.05, 3.63) is 108 Å². The van der Waals surface area contributed by atoms with Crippen LogP contribution in [0.15, 0.2) is 101 Å². The molecule has 26 heavy (non-hydrogen) atoms. The summed E-state index contributed by atoms with van der Waals surface area (Å²) in [5.41, 5.74) is 2.04. The summed E-state index contributed by atoms with van der Waals surface area (Å²) >= 11 is -0.581. The van der Waals surface area contributed by atoms with Gasteiger partial charge < -0.3 is 4.74 Å². The first-order valence-electron chi connectivity index (χ1n) is 8.30. The third-order valence-corrected chi connectivity index (χ3v) is 5.17. The van der Waals surface area contributed by atoms with E-state index in [1.54, 1.807) is 0 Å². The van der Waals surface area contributed by atoms with Crippen LogP contribution in [-0.2, 0) is 22.4 Å². The van der Waals surface area contributed by atoms with Gasteiger partial charge >= 0.3 is 6.09 Å². The fraction of sp³-hybridized carbons (Fsp3) is 0.0455. The molecule has 4 heteroatoms. The number of carbonyl (C=O) groups excluding carboxylic acids is 1. The summed E-state index contributed by atoms with van der Waals surface area (Å²) in [7, 11) is 0. The molecule has 0 aliphatic heterocycles. The van der Waals surface area contributed by atoms with Crippen LogP contribution in [0, 0.1) is 0 Å². The maximum absolute atomic E-state index is 12.3. The molecule has 0 fully saturated rings. The average molecular weight is 362 g/mol. The first kappa shape index (κ1) is 17.8. The monoisotopic (exact) mass is 362 g/mol. The van der Waals surface area contributed by atoms with E-state index in [4.69, 9.17) is 4.74 Å². The number of hydrogen-bond donors (Lipinski definition) is 1. The Bertz CT molecular complexity index is 836. The maximum atomic E-state index is 12.3. The predicted octanol–water partition coefficient (Wildman–Crippen LogP) is 5.18. The third kappa shape index (κ3) is 5.53. The maximum Gasteiger partial charge on any atom is 0.450 e. The van der Waals surface area contributed by atoms with Crippen molar-refractivity contribution in [2.45, 2.75) is 11.5 Å². The van der Waals surface area contributed by atoms with E-state index in [0.717, 1.165) is 16.0 Å². The van der Waals surface area contributed by atoms with Gasteiger partial charge in [-0.3, -0.25) is 0 Å². The summed E-state index contributed by atoms with van der Waals surface area (Å²) in [4.78, 5) is 13.3. The lowest BCUT2D eigenvalue weighted by atomic mass is 10.2. The number of rotatable bonds is 6. The van der Waals surface area contributed by atoms with Gasteiger partial charge in [-0.25, -0.2) is 4.79 Å². The largest absolute Gasteiger partial charge is 0.450 e. The van der Waals surface area contributed by atoms with Crippen LogP contribution >= 0.6 is 0 Å². The van der Waals surface area contributed by atoms with Gasteiger partial charge in [-0.15, -0.1) is 4.72 Å². The molecule has 3 nitrogen and oxygen atoms in total. The van der Waals surface area contributed by atoms with Crippen molar-refractivity contribution in [1.82, 2.24) is 4.72 Å². The highest BCUT2D eigenvalue weighted by molar-refractivity contribution is 7.98. The van der Waals surface area contributed by atoms with Gasteiger partial charge in [0.2, 0.25) is 0 Å². The number of nitrogens with one attached hydrogen (secondary N) is 1. The molecule has 1 atom stereocenters. The zero-order chi connectivity index (χ0) is 18.0. The fourth-order valence-electron chi connectivity index (χ4n) is 2.29. The second-order valence-electron chi connectivity index (χ2n) is 5.53. The Morgan fingerprint density at radius 3 is 2.08 bits per heavy atom. The summed E-state index contributed by atoms with van der Waals surface area (Å²) in [6, 6.07) is 29.5. The number of carbonyl (C=O) groups is 1. The van der Waals surface area contributed by atoms with Crippen molar-refractivity contribution < 1.29 is 9.53 Å². The molecule has 1 N–H and O–H groups in total. The molecule has 0 saturated carbocycles. The first-order valence-corrected chi connectivity index (χ1v) is 9.59. The predicted molar refractivity (Wildman–Crippen MR) is 107 cm³/mol. The first-order chi connectivity index (χ1) is 12.8. The van der Waals surface area contributed by atoms with Crippen molar-refractivity contribution in [2.24, 2.45) is 0 Å². The molecule has 0 aliphatic rings. The summed E-state index contributed by atoms with van der Waals surface area (Å²) in [6.45, 7) is 0.251. The van der Waals surface area contributed by atoms with Crippen LogP contribution in [0.2, 0.25) is 0 Å². The lowest BCUT2D eigenvalue weighted by molar-refractivity contribution is 0.146. The molecular formula is C22H20NO2S+. The molecule has 1 unspecified atom stereocenters. The zero-order valence-electron chi connectivity index (χ0n) is 14.2. The van der Waals surface area contributed by atoms with Gasteiger partial charge in [0.1, 0.15) is 6.61 Å². The molecule has 0 aliphatic carbocycles. The van der Waals surface area contributed by atoms with E-state index < -0.39 is 17.2 Å². The molecule has 130 valence electrons. The highest BCUT2D eigenvalue weighted by atomic mass is 32.2. The Kier molecular flexibility index (Phi) is 6.51. The molecule has 0 aromatic heterocycles. The molecule has 0 saturated heterocycles. The summed E-state index contributed by atoms with van der Waals surface area (Å²) in [5, 5.41) is 1.99. The van der Waals surface area contributed by atoms with Gasteiger partial charge in [0.05, 0.1) is 0 Å². The van der Waals surface area contributed by atoms with Crippen molar-refractivity contribution in [2.75, 3.05) is 0 Å². The average Bonchev–Trinajstić information content (AvgIpc) is 2.72. The molecular weight excluding hydrogens is 342 g/mol. The van der Waals surface area contributed by atoms with Crippen LogP contribution in [0.5, 0.6) is 0 Å². The molecule has 0 radical (unpaired) electrons. The molecule has 0 bridgehead atoms. The van der Waals surface area contributed by atoms with Crippen molar-refractivity contribution in [3.8, 4) is 0 Å². The second kappa shape index (κ2) is 9.49. The summed E-state index contributed by atoms with van der Waals surface area (Å²) < 4.78 is 8.31. The number of amides is 1. The van der Waals surface area contributed by atoms with Crippen LogP contribution in [0.25, 0.3) is 6.08 Å². The minimum absolute atomic E-state index is 0.251. The van der Waals surface area contributed by atoms with Crippen LogP contribution in [-0.4, -0.2) is 6.09 Å². The Morgan fingerprint density at radius 2 is 1.42 bits per heavy atom. The van der Waals surface area contributed by atoms with Crippen molar-refractivity contribution in [3.63, 3.8) is 0 Å². The van der Waals surface area contributed by atoms with Gasteiger partial charge in [-0.2, -0.15) is 0 Å². The molecule has 1 amide bonds. The fourth-order valence-corrected chi connectivity index (χ4v) is 3.62. The quantitative estimate of drug-likeness (QED) is 0.614. The van der Waals surface area contributed by atoms with Crippen LogP contribution in [0.3, 0.4) is 0 Å². The Balaban J connectivity index is 1.67. The third-order valence-electron chi connectivity index (χ3n) is 3.60. The number of hydrogen-bond acceptors (Lipinski definition) is 2. The minimum atomic E-state index is -0.581. The van der Waals surface area contributed by atoms with Gasteiger partial charge in [0.25, 0.3) is 0 Å². The number of benzene rings is 3. The van der Waals surface area contributed by atoms with E-state index in [1.807, 2.05) is 102 Å². The molecule has 3 aromatic carbocycles. The van der Waals surface area contributed by atoms with Crippen molar-refractivity contribution in [1.29, 1.82) is 0 Å². The van der Waals surface area contributed by atoms with E-state index in [-0.39, 0.29) is 6.61 Å². The molecule has 0 heterocycles. The molecule has 3 aromatic rings. The normalized spacial score (nSPS) is 11.8. The van der Waals surface area contributed by atoms with Gasteiger partial charge in [-0.1, -0.05) is 78.9 Å². The smallest absolute Gasteiger partial charge is 0.442 e. The Morgan fingerprint density at radius 1 is 0.846 bits per heavy atom. The molecule has 3 rings (SSSR count). The van der Waals surface area contributed by atoms with E-state index >= 15 is 0 Å². The van der Waals surface area contributed by atoms with E-state index in [0.29, 0.717) is 0 Å². The van der Waals surface area contributed by atoms with Gasteiger partial charge in [-0.05, 0) is 29.3 Å². The van der Waals surface area contributed by atoms with E-state index in [9.17, 15) is 4.79 Å². The van der Waals surface area contributed by atoms with Crippen LogP contribution in [0.4, 0.5) is 4.79 Å². The minimum Gasteiger partial charge on any atom is -0.442 e. The molecule has 0 spiro atoms. The van der Waals surface area contributed by atoms with Crippen LogP contribution < -0.4 is 4.72 Å². The highest BCUT2D eigenvalue weighted by Crippen LogP contribution is 2.15. The van der Waals surface area contributed by atoms with E-state index in [1.165, 1.54) is 0 Å². The van der Waals surface area contributed by atoms with Crippen LogP contribution in [0.1, 0.15) is 11.1 Å². The van der Waals surface area contributed by atoms with E-state index in [2.05, 4.69) is 4.72 Å². The van der Waals surface area contributed by atoms with Gasteiger partial charge in [0, 0.05) is 0 Å².